The number of nitrogens with one attached hydrogen (secondary N) is 1. The molecule has 0 unspecified atom stereocenters. The number of benzene rings is 1. The van der Waals surface area contributed by atoms with E-state index in [2.05, 4.69) is 10.5 Å². The zero-order chi connectivity index (χ0) is 10.4. The van der Waals surface area contributed by atoms with Crippen molar-refractivity contribution >= 4 is 11.6 Å². The van der Waals surface area contributed by atoms with Crippen molar-refractivity contribution < 1.29 is 9.90 Å². The zero-order valence-corrected chi connectivity index (χ0v) is 7.43. The number of nitroso groups, excluding NO2 is 1. The number of aliphatic hydroxyl groups is 1. The Morgan fingerprint density at radius 1 is 1.50 bits per heavy atom. The maximum Gasteiger partial charge on any atom is 0.251 e. The van der Waals surface area contributed by atoms with E-state index in [-0.39, 0.29) is 24.7 Å². The molecule has 5 nitrogen and oxygen atoms in total. The maximum absolute atomic E-state index is 11.3. The van der Waals surface area contributed by atoms with Crippen molar-refractivity contribution in [2.45, 2.75) is 0 Å². The summed E-state index contributed by atoms with van der Waals surface area (Å²) in [5.41, 5.74) is 0.567. The first-order chi connectivity index (χ1) is 6.77. The van der Waals surface area contributed by atoms with Gasteiger partial charge in [0.15, 0.2) is 0 Å². The van der Waals surface area contributed by atoms with Crippen molar-refractivity contribution in [3.05, 3.63) is 34.7 Å². The molecule has 0 heterocycles. The molecule has 74 valence electrons. The molecule has 0 bridgehead atoms. The minimum Gasteiger partial charge on any atom is -0.395 e. The SMILES string of the molecule is O=Nc1cccc(C(=O)NCCO)c1. The van der Waals surface area contributed by atoms with Crippen LogP contribution in [0.25, 0.3) is 0 Å². The van der Waals surface area contributed by atoms with Gasteiger partial charge in [-0.15, -0.1) is 4.91 Å². The van der Waals surface area contributed by atoms with Crippen LogP contribution in [0.5, 0.6) is 0 Å². The summed E-state index contributed by atoms with van der Waals surface area (Å²) >= 11 is 0. The van der Waals surface area contributed by atoms with E-state index in [1.807, 2.05) is 0 Å². The average Bonchev–Trinajstić information content (AvgIpc) is 2.26. The largest absolute Gasteiger partial charge is 0.395 e. The van der Waals surface area contributed by atoms with Crippen molar-refractivity contribution in [3.8, 4) is 0 Å². The monoisotopic (exact) mass is 194 g/mol. The van der Waals surface area contributed by atoms with Gasteiger partial charge in [-0.05, 0) is 23.4 Å². The average molecular weight is 194 g/mol. The normalized spacial score (nSPS) is 9.50. The topological polar surface area (TPSA) is 78.8 Å². The molecule has 14 heavy (non-hydrogen) atoms. The molecule has 0 fully saturated rings. The fourth-order valence-electron chi connectivity index (χ4n) is 0.975. The second-order valence-electron chi connectivity index (χ2n) is 2.62. The van der Waals surface area contributed by atoms with E-state index in [4.69, 9.17) is 5.11 Å². The van der Waals surface area contributed by atoms with E-state index in [9.17, 15) is 9.70 Å². The fraction of sp³-hybridized carbons (Fsp3) is 0.222. The molecule has 0 aliphatic heterocycles. The Labute approximate surface area is 80.7 Å². The Hall–Kier alpha value is -1.75. The van der Waals surface area contributed by atoms with Gasteiger partial charge in [0.25, 0.3) is 5.91 Å². The molecule has 0 saturated heterocycles. The van der Waals surface area contributed by atoms with Gasteiger partial charge in [-0.3, -0.25) is 4.79 Å². The highest BCUT2D eigenvalue weighted by molar-refractivity contribution is 5.94. The van der Waals surface area contributed by atoms with Crippen LogP contribution in [0.1, 0.15) is 10.4 Å². The van der Waals surface area contributed by atoms with Crippen LogP contribution in [0.2, 0.25) is 0 Å². The van der Waals surface area contributed by atoms with Crippen LogP contribution in [-0.4, -0.2) is 24.2 Å². The third kappa shape index (κ3) is 2.63. The molecule has 0 atom stereocenters. The third-order valence-corrected chi connectivity index (χ3v) is 1.61. The number of hydrogen-bond acceptors (Lipinski definition) is 4. The molecule has 1 aromatic rings. The van der Waals surface area contributed by atoms with Gasteiger partial charge in [0.2, 0.25) is 0 Å². The van der Waals surface area contributed by atoms with Gasteiger partial charge in [-0.2, -0.15) is 0 Å². The highest BCUT2D eigenvalue weighted by Gasteiger charge is 2.04. The van der Waals surface area contributed by atoms with Crippen molar-refractivity contribution in [1.82, 2.24) is 5.32 Å². The highest BCUT2D eigenvalue weighted by atomic mass is 16.3. The summed E-state index contributed by atoms with van der Waals surface area (Å²) in [6.45, 7) is 0.0783. The molecule has 1 rings (SSSR count). The quantitative estimate of drug-likeness (QED) is 0.696. The highest BCUT2D eigenvalue weighted by Crippen LogP contribution is 2.12. The standard InChI is InChI=1S/C9H10N2O3/c12-5-4-10-9(13)7-2-1-3-8(6-7)11-14/h1-3,6,12H,4-5H2,(H,10,13). The number of carbonyl (C=O) groups is 1. The van der Waals surface area contributed by atoms with Crippen LogP contribution in [0.4, 0.5) is 5.69 Å². The maximum atomic E-state index is 11.3. The lowest BCUT2D eigenvalue weighted by atomic mass is 10.2. The smallest absolute Gasteiger partial charge is 0.251 e. The molecule has 0 saturated carbocycles. The number of hydrogen-bond donors (Lipinski definition) is 2. The zero-order valence-electron chi connectivity index (χ0n) is 7.43. The molecule has 0 aliphatic carbocycles. The molecule has 0 aromatic heterocycles. The van der Waals surface area contributed by atoms with Crippen molar-refractivity contribution in [2.75, 3.05) is 13.2 Å². The van der Waals surface area contributed by atoms with Crippen LogP contribution in [0.15, 0.2) is 29.4 Å². The van der Waals surface area contributed by atoms with Gasteiger partial charge in [-0.25, -0.2) is 0 Å². The number of rotatable bonds is 4. The molecule has 0 spiro atoms. The van der Waals surface area contributed by atoms with Gasteiger partial charge in [-0.1, -0.05) is 6.07 Å². The van der Waals surface area contributed by atoms with Crippen molar-refractivity contribution in [3.63, 3.8) is 0 Å². The van der Waals surface area contributed by atoms with E-state index in [0.717, 1.165) is 0 Å². The Bertz CT molecular complexity index is 339. The van der Waals surface area contributed by atoms with Crippen molar-refractivity contribution in [1.29, 1.82) is 0 Å². The lowest BCUT2D eigenvalue weighted by Gasteiger charge is -2.02. The predicted octanol–water partition coefficient (Wildman–Crippen LogP) is 0.807. The fourth-order valence-corrected chi connectivity index (χ4v) is 0.975. The second-order valence-corrected chi connectivity index (χ2v) is 2.62. The third-order valence-electron chi connectivity index (χ3n) is 1.61. The summed E-state index contributed by atoms with van der Waals surface area (Å²) < 4.78 is 0. The molecule has 1 aromatic carbocycles. The van der Waals surface area contributed by atoms with Gasteiger partial charge >= 0.3 is 0 Å². The van der Waals surface area contributed by atoms with Gasteiger partial charge in [0.1, 0.15) is 5.69 Å². The van der Waals surface area contributed by atoms with Crippen LogP contribution in [0.3, 0.4) is 0 Å². The minimum absolute atomic E-state index is 0.114. The van der Waals surface area contributed by atoms with Crippen LogP contribution < -0.4 is 5.32 Å². The molecule has 5 heteroatoms. The van der Waals surface area contributed by atoms with Crippen molar-refractivity contribution in [2.24, 2.45) is 5.18 Å². The molecule has 1 amide bonds. The molecular formula is C9H10N2O3. The Morgan fingerprint density at radius 2 is 2.29 bits per heavy atom. The molecule has 2 N–H and O–H groups in total. The lowest BCUT2D eigenvalue weighted by Crippen LogP contribution is -2.26. The van der Waals surface area contributed by atoms with E-state index >= 15 is 0 Å². The lowest BCUT2D eigenvalue weighted by molar-refractivity contribution is 0.0945. The van der Waals surface area contributed by atoms with Crippen LogP contribution in [0, 0.1) is 4.91 Å². The summed E-state index contributed by atoms with van der Waals surface area (Å²) in [4.78, 5) is 21.5. The Kier molecular flexibility index (Phi) is 3.75. The Morgan fingerprint density at radius 3 is 2.93 bits per heavy atom. The summed E-state index contributed by atoms with van der Waals surface area (Å²) in [5.74, 6) is -0.329. The van der Waals surface area contributed by atoms with Gasteiger partial charge in [0.05, 0.1) is 6.61 Å². The second kappa shape index (κ2) is 5.08. The van der Waals surface area contributed by atoms with E-state index in [1.54, 1.807) is 12.1 Å². The molecule has 0 radical (unpaired) electrons. The first kappa shape index (κ1) is 10.3. The number of carbonyl (C=O) groups excluding carboxylic acids is 1. The van der Waals surface area contributed by atoms with E-state index < -0.39 is 0 Å². The Balaban J connectivity index is 2.74. The molecular weight excluding hydrogens is 184 g/mol. The number of nitrogens with zero attached hydrogens (tertiary/aromatic N) is 1. The van der Waals surface area contributed by atoms with Crippen LogP contribution >= 0.6 is 0 Å². The van der Waals surface area contributed by atoms with E-state index in [1.165, 1.54) is 12.1 Å². The first-order valence-corrected chi connectivity index (χ1v) is 4.10. The number of aliphatic hydroxyl groups excluding tert-OH is 1. The summed E-state index contributed by atoms with van der Waals surface area (Å²) in [7, 11) is 0. The predicted molar refractivity (Wildman–Crippen MR) is 51.3 cm³/mol. The summed E-state index contributed by atoms with van der Waals surface area (Å²) in [6.07, 6.45) is 0. The van der Waals surface area contributed by atoms with Gasteiger partial charge in [0, 0.05) is 12.1 Å². The summed E-state index contributed by atoms with van der Waals surface area (Å²) in [5, 5.41) is 13.7. The summed E-state index contributed by atoms with van der Waals surface area (Å²) in [6, 6.07) is 6.04. The first-order valence-electron chi connectivity index (χ1n) is 4.10. The molecule has 0 aliphatic rings. The van der Waals surface area contributed by atoms with E-state index in [0.29, 0.717) is 5.56 Å². The minimum atomic E-state index is -0.329. The van der Waals surface area contributed by atoms with Gasteiger partial charge < -0.3 is 10.4 Å². The van der Waals surface area contributed by atoms with Crippen LogP contribution in [-0.2, 0) is 0 Å². The number of amides is 1.